The lowest BCUT2D eigenvalue weighted by atomic mass is 10.1. The second kappa shape index (κ2) is 7.82. The van der Waals surface area contributed by atoms with Crippen molar-refractivity contribution in [2.24, 2.45) is 0 Å². The highest BCUT2D eigenvalue weighted by Crippen LogP contribution is 2.17. The summed E-state index contributed by atoms with van der Waals surface area (Å²) >= 11 is 0. The fraction of sp³-hybridized carbons (Fsp3) is 0.182. The fourth-order valence-corrected chi connectivity index (χ4v) is 3.07. The van der Waals surface area contributed by atoms with E-state index in [9.17, 15) is 9.59 Å². The molecule has 0 aliphatic heterocycles. The van der Waals surface area contributed by atoms with Crippen LogP contribution in [-0.2, 0) is 4.79 Å². The van der Waals surface area contributed by atoms with Crippen LogP contribution in [0.4, 0.5) is 0 Å². The molecule has 30 heavy (non-hydrogen) atoms. The highest BCUT2D eigenvalue weighted by atomic mass is 16.5. The maximum Gasteiger partial charge on any atom is 0.283 e. The number of fused-ring (bicyclic) bond motifs is 1. The van der Waals surface area contributed by atoms with Crippen LogP contribution < -0.4 is 15.7 Å². The van der Waals surface area contributed by atoms with Gasteiger partial charge in [-0.1, -0.05) is 24.3 Å². The summed E-state index contributed by atoms with van der Waals surface area (Å²) in [5, 5.41) is 4.61. The minimum atomic E-state index is -0.469. The lowest BCUT2D eigenvalue weighted by molar-refractivity contribution is -0.119. The third-order valence-electron chi connectivity index (χ3n) is 4.92. The molecule has 1 N–H and O–H groups in total. The lowest BCUT2D eigenvalue weighted by Gasteiger charge is -2.11. The molecule has 8 nitrogen and oxygen atoms in total. The third kappa shape index (κ3) is 3.67. The van der Waals surface area contributed by atoms with Gasteiger partial charge in [-0.2, -0.15) is 5.10 Å². The molecule has 4 rings (SSSR count). The summed E-state index contributed by atoms with van der Waals surface area (Å²) in [5.74, 6) is 0.145. The summed E-state index contributed by atoms with van der Waals surface area (Å²) in [6.45, 7) is 5.71. The molecule has 0 unspecified atom stereocenters. The Bertz CT molecular complexity index is 1310. The van der Waals surface area contributed by atoms with Crippen molar-refractivity contribution in [2.75, 3.05) is 12.0 Å². The molecule has 152 valence electrons. The van der Waals surface area contributed by atoms with Gasteiger partial charge in [-0.15, -0.1) is 0 Å². The Morgan fingerprint density at radius 2 is 1.87 bits per heavy atom. The maximum atomic E-state index is 12.8. The summed E-state index contributed by atoms with van der Waals surface area (Å²) in [4.78, 5) is 29.3. The number of nitrogens with one attached hydrogen (secondary N) is 1. The third-order valence-corrected chi connectivity index (χ3v) is 4.92. The predicted molar refractivity (Wildman–Crippen MR) is 114 cm³/mol. The molecule has 0 saturated heterocycles. The molecule has 0 radical (unpaired) electrons. The first kappa shape index (κ1) is 19.4. The van der Waals surface area contributed by atoms with Crippen LogP contribution in [0.3, 0.4) is 0 Å². The van der Waals surface area contributed by atoms with Crippen molar-refractivity contribution in [1.82, 2.24) is 19.4 Å². The van der Waals surface area contributed by atoms with Gasteiger partial charge in [0.25, 0.3) is 11.5 Å². The van der Waals surface area contributed by atoms with Crippen LogP contribution in [0.5, 0.6) is 5.75 Å². The Morgan fingerprint density at radius 3 is 2.63 bits per heavy atom. The number of aromatic nitrogens is 4. The summed E-state index contributed by atoms with van der Waals surface area (Å²) < 4.78 is 8.16. The number of nitrogens with zero attached hydrogens (tertiary/aromatic N) is 4. The molecule has 0 saturated carbocycles. The van der Waals surface area contributed by atoms with Crippen LogP contribution in [0.2, 0.25) is 0 Å². The smallest absolute Gasteiger partial charge is 0.283 e. The molecule has 0 spiro atoms. The van der Waals surface area contributed by atoms with Gasteiger partial charge < -0.3 is 4.74 Å². The molecular formula is C22H21N5O3. The number of benzene rings is 2. The monoisotopic (exact) mass is 403 g/mol. The Morgan fingerprint density at radius 1 is 1.07 bits per heavy atom. The van der Waals surface area contributed by atoms with Crippen molar-refractivity contribution in [3.05, 3.63) is 82.0 Å². The van der Waals surface area contributed by atoms with E-state index in [1.807, 2.05) is 57.2 Å². The highest BCUT2D eigenvalue weighted by Gasteiger charge is 2.13. The number of hydrogen-bond donors (Lipinski definition) is 1. The number of rotatable bonds is 5. The van der Waals surface area contributed by atoms with Gasteiger partial charge in [0.05, 0.1) is 11.9 Å². The van der Waals surface area contributed by atoms with Gasteiger partial charge in [0, 0.05) is 0 Å². The largest absolute Gasteiger partial charge is 0.483 e. The van der Waals surface area contributed by atoms with Crippen LogP contribution in [-0.4, -0.2) is 32.0 Å². The molecule has 0 atom stereocenters. The Hall–Kier alpha value is -3.94. The van der Waals surface area contributed by atoms with Crippen LogP contribution in [0.1, 0.15) is 16.7 Å². The van der Waals surface area contributed by atoms with Crippen molar-refractivity contribution in [3.8, 4) is 11.4 Å². The van der Waals surface area contributed by atoms with Crippen molar-refractivity contribution in [2.45, 2.75) is 20.8 Å². The molecule has 1 amide bonds. The van der Waals surface area contributed by atoms with E-state index in [1.165, 1.54) is 18.1 Å². The molecule has 2 aromatic heterocycles. The molecule has 0 aliphatic rings. The summed E-state index contributed by atoms with van der Waals surface area (Å²) in [6.07, 6.45) is 2.72. The number of ether oxygens (including phenoxy) is 1. The first-order chi connectivity index (χ1) is 14.4. The second-order valence-corrected chi connectivity index (χ2v) is 7.07. The summed E-state index contributed by atoms with van der Waals surface area (Å²) in [7, 11) is 0. The minimum absolute atomic E-state index is 0.225. The molecule has 0 fully saturated rings. The number of carbonyl (C=O) groups excluding carboxylic acids is 1. The SMILES string of the molecule is Cc1ccc(-n2ncc3c(=O)n(NC(=O)COc4ccccc4C)cnc32)cc1C. The van der Waals surface area contributed by atoms with Crippen molar-refractivity contribution in [3.63, 3.8) is 0 Å². The van der Waals surface area contributed by atoms with E-state index in [4.69, 9.17) is 4.74 Å². The normalized spacial score (nSPS) is 10.9. The van der Waals surface area contributed by atoms with Gasteiger partial charge in [0.2, 0.25) is 0 Å². The predicted octanol–water partition coefficient (Wildman–Crippen LogP) is 2.66. The molecule has 2 heterocycles. The highest BCUT2D eigenvalue weighted by molar-refractivity contribution is 5.85. The van der Waals surface area contributed by atoms with Crippen LogP contribution >= 0.6 is 0 Å². The van der Waals surface area contributed by atoms with E-state index < -0.39 is 11.5 Å². The van der Waals surface area contributed by atoms with Crippen molar-refractivity contribution < 1.29 is 9.53 Å². The average Bonchev–Trinajstić information content (AvgIpc) is 3.16. The number of amides is 1. The molecule has 4 aromatic rings. The molecule has 2 aromatic carbocycles. The standard InChI is InChI=1S/C22H21N5O3/c1-14-8-9-17(10-16(14)3)27-21-18(11-24-27)22(29)26(13-23-21)25-20(28)12-30-19-7-5-4-6-15(19)2/h4-11,13H,12H2,1-3H3,(H,25,28). The number of carbonyl (C=O) groups is 1. The fourth-order valence-electron chi connectivity index (χ4n) is 3.07. The first-order valence-corrected chi connectivity index (χ1v) is 9.45. The molecular weight excluding hydrogens is 382 g/mol. The van der Waals surface area contributed by atoms with E-state index in [0.29, 0.717) is 16.8 Å². The van der Waals surface area contributed by atoms with Crippen molar-refractivity contribution >= 4 is 16.9 Å². The minimum Gasteiger partial charge on any atom is -0.483 e. The van der Waals surface area contributed by atoms with Crippen LogP contribution in [0.25, 0.3) is 16.7 Å². The Labute approximate surface area is 172 Å². The zero-order valence-corrected chi connectivity index (χ0v) is 16.9. The van der Waals surface area contributed by atoms with Crippen LogP contribution in [0.15, 0.2) is 59.8 Å². The number of aryl methyl sites for hydroxylation is 3. The van der Waals surface area contributed by atoms with Gasteiger partial charge in [-0.3, -0.25) is 15.0 Å². The molecule has 8 heteroatoms. The summed E-state index contributed by atoms with van der Waals surface area (Å²) in [5.41, 5.74) is 6.52. The zero-order valence-electron chi connectivity index (χ0n) is 16.9. The van der Waals surface area contributed by atoms with Gasteiger partial charge >= 0.3 is 0 Å². The zero-order chi connectivity index (χ0) is 21.3. The molecule has 0 bridgehead atoms. The summed E-state index contributed by atoms with van der Waals surface area (Å²) in [6, 6.07) is 13.3. The first-order valence-electron chi connectivity index (χ1n) is 9.45. The quantitative estimate of drug-likeness (QED) is 0.553. The van der Waals surface area contributed by atoms with Gasteiger partial charge in [-0.25, -0.2) is 14.3 Å². The maximum absolute atomic E-state index is 12.8. The van der Waals surface area contributed by atoms with E-state index in [-0.39, 0.29) is 6.61 Å². The molecule has 0 aliphatic carbocycles. The topological polar surface area (TPSA) is 91.0 Å². The van der Waals surface area contributed by atoms with Gasteiger partial charge in [0.1, 0.15) is 17.5 Å². The number of hydrogen-bond acceptors (Lipinski definition) is 5. The lowest BCUT2D eigenvalue weighted by Crippen LogP contribution is -2.35. The number of para-hydroxylation sites is 1. The Balaban J connectivity index is 1.55. The van der Waals surface area contributed by atoms with E-state index in [0.717, 1.165) is 21.5 Å². The van der Waals surface area contributed by atoms with E-state index in [1.54, 1.807) is 10.7 Å². The Kier molecular flexibility index (Phi) is 5.05. The van der Waals surface area contributed by atoms with Crippen molar-refractivity contribution in [1.29, 1.82) is 0 Å². The van der Waals surface area contributed by atoms with E-state index >= 15 is 0 Å². The average molecular weight is 403 g/mol. The van der Waals surface area contributed by atoms with Crippen LogP contribution in [0, 0.1) is 20.8 Å². The van der Waals surface area contributed by atoms with E-state index in [2.05, 4.69) is 15.5 Å². The second-order valence-electron chi connectivity index (χ2n) is 7.07. The van der Waals surface area contributed by atoms with Gasteiger partial charge in [0.15, 0.2) is 12.3 Å². The van der Waals surface area contributed by atoms with Gasteiger partial charge in [-0.05, 0) is 55.7 Å².